The lowest BCUT2D eigenvalue weighted by Crippen LogP contribution is -2.22. The van der Waals surface area contributed by atoms with Gasteiger partial charge in [-0.2, -0.15) is 0 Å². The molecule has 1 fully saturated rings. The standard InChI is InChI=1S/C9H14O2/c1-2-9(11)7-4-3-5-8(10)6-7/h7H,2-6H2,1H3. The Kier molecular flexibility index (Phi) is 2.80. The maximum atomic E-state index is 11.2. The van der Waals surface area contributed by atoms with Gasteiger partial charge >= 0.3 is 0 Å². The van der Waals surface area contributed by atoms with E-state index in [1.165, 1.54) is 0 Å². The highest BCUT2D eigenvalue weighted by atomic mass is 16.1. The Labute approximate surface area is 67.0 Å². The van der Waals surface area contributed by atoms with Crippen molar-refractivity contribution < 1.29 is 9.59 Å². The maximum Gasteiger partial charge on any atom is 0.136 e. The van der Waals surface area contributed by atoms with Gasteiger partial charge < -0.3 is 0 Å². The third-order valence-electron chi connectivity index (χ3n) is 2.29. The van der Waals surface area contributed by atoms with E-state index in [4.69, 9.17) is 0 Å². The van der Waals surface area contributed by atoms with Gasteiger partial charge in [-0.15, -0.1) is 0 Å². The van der Waals surface area contributed by atoms with Gasteiger partial charge in [-0.25, -0.2) is 0 Å². The van der Waals surface area contributed by atoms with E-state index in [2.05, 4.69) is 0 Å². The van der Waals surface area contributed by atoms with Gasteiger partial charge in [-0.1, -0.05) is 6.92 Å². The van der Waals surface area contributed by atoms with E-state index in [0.29, 0.717) is 19.3 Å². The number of ketones is 2. The highest BCUT2D eigenvalue weighted by molar-refractivity contribution is 5.88. The first kappa shape index (κ1) is 8.44. The number of carbonyl (C=O) groups is 2. The second kappa shape index (κ2) is 3.65. The second-order valence-corrected chi connectivity index (χ2v) is 3.15. The molecule has 1 aliphatic carbocycles. The van der Waals surface area contributed by atoms with Crippen LogP contribution in [0.2, 0.25) is 0 Å². The van der Waals surface area contributed by atoms with Crippen molar-refractivity contribution in [2.75, 3.05) is 0 Å². The van der Waals surface area contributed by atoms with E-state index < -0.39 is 0 Å². The predicted molar refractivity (Wildman–Crippen MR) is 42.3 cm³/mol. The normalized spacial score (nSPS) is 25.2. The Balaban J connectivity index is 2.45. The highest BCUT2D eigenvalue weighted by Crippen LogP contribution is 2.22. The minimum atomic E-state index is 0.0567. The van der Waals surface area contributed by atoms with Gasteiger partial charge in [0.05, 0.1) is 0 Å². The van der Waals surface area contributed by atoms with Crippen LogP contribution in [0.3, 0.4) is 0 Å². The molecule has 11 heavy (non-hydrogen) atoms. The fraction of sp³-hybridized carbons (Fsp3) is 0.778. The molecule has 1 saturated carbocycles. The molecule has 0 amide bonds. The molecule has 0 saturated heterocycles. The fourth-order valence-electron chi connectivity index (χ4n) is 1.59. The minimum Gasteiger partial charge on any atom is -0.300 e. The highest BCUT2D eigenvalue weighted by Gasteiger charge is 2.23. The van der Waals surface area contributed by atoms with Crippen molar-refractivity contribution in [3.63, 3.8) is 0 Å². The Morgan fingerprint density at radius 1 is 1.64 bits per heavy atom. The summed E-state index contributed by atoms with van der Waals surface area (Å²) in [5.74, 6) is 0.586. The van der Waals surface area contributed by atoms with E-state index >= 15 is 0 Å². The summed E-state index contributed by atoms with van der Waals surface area (Å²) in [6.45, 7) is 1.86. The molecule has 2 nitrogen and oxygen atoms in total. The third-order valence-corrected chi connectivity index (χ3v) is 2.29. The Bertz CT molecular complexity index is 172. The zero-order valence-electron chi connectivity index (χ0n) is 6.93. The molecule has 1 rings (SSSR count). The Morgan fingerprint density at radius 3 is 2.91 bits per heavy atom. The fourth-order valence-corrected chi connectivity index (χ4v) is 1.59. The van der Waals surface area contributed by atoms with Crippen LogP contribution < -0.4 is 0 Å². The number of hydrogen-bond acceptors (Lipinski definition) is 2. The zero-order valence-corrected chi connectivity index (χ0v) is 6.93. The quantitative estimate of drug-likeness (QED) is 0.607. The molecule has 0 aliphatic heterocycles. The molecule has 1 unspecified atom stereocenters. The van der Waals surface area contributed by atoms with E-state index in [0.717, 1.165) is 12.8 Å². The molecule has 0 radical (unpaired) electrons. The van der Waals surface area contributed by atoms with Crippen LogP contribution in [0.4, 0.5) is 0 Å². The van der Waals surface area contributed by atoms with Crippen molar-refractivity contribution in [1.82, 2.24) is 0 Å². The van der Waals surface area contributed by atoms with Crippen LogP contribution in [0.5, 0.6) is 0 Å². The number of Topliss-reactive ketones (excluding diaryl/α,β-unsaturated/α-hetero) is 2. The lowest BCUT2D eigenvalue weighted by Gasteiger charge is -2.18. The maximum absolute atomic E-state index is 11.2. The van der Waals surface area contributed by atoms with Crippen LogP contribution in [-0.4, -0.2) is 11.6 Å². The van der Waals surface area contributed by atoms with Gasteiger partial charge in [0.15, 0.2) is 0 Å². The SMILES string of the molecule is CCC(=O)C1CCCC(=O)C1. The summed E-state index contributed by atoms with van der Waals surface area (Å²) in [4.78, 5) is 22.1. The first-order valence-electron chi connectivity index (χ1n) is 4.28. The molecule has 0 spiro atoms. The summed E-state index contributed by atoms with van der Waals surface area (Å²) in [7, 11) is 0. The Hall–Kier alpha value is -0.660. The number of rotatable bonds is 2. The summed E-state index contributed by atoms with van der Waals surface area (Å²) < 4.78 is 0. The lowest BCUT2D eigenvalue weighted by molar-refractivity contribution is -0.129. The summed E-state index contributed by atoms with van der Waals surface area (Å²) in [5, 5.41) is 0. The molecular formula is C9H14O2. The lowest BCUT2D eigenvalue weighted by atomic mass is 9.85. The van der Waals surface area contributed by atoms with Crippen molar-refractivity contribution in [3.8, 4) is 0 Å². The van der Waals surface area contributed by atoms with Crippen LogP contribution >= 0.6 is 0 Å². The molecule has 2 heteroatoms. The van der Waals surface area contributed by atoms with Crippen molar-refractivity contribution in [2.24, 2.45) is 5.92 Å². The largest absolute Gasteiger partial charge is 0.300 e. The minimum absolute atomic E-state index is 0.0567. The van der Waals surface area contributed by atoms with Crippen molar-refractivity contribution in [2.45, 2.75) is 39.0 Å². The van der Waals surface area contributed by atoms with E-state index in [1.807, 2.05) is 6.92 Å². The van der Waals surface area contributed by atoms with Gasteiger partial charge in [-0.05, 0) is 12.8 Å². The predicted octanol–water partition coefficient (Wildman–Crippen LogP) is 1.72. The average Bonchev–Trinajstić information content (AvgIpc) is 2.03. The molecule has 0 aromatic rings. The van der Waals surface area contributed by atoms with Gasteiger partial charge in [-0.3, -0.25) is 9.59 Å². The van der Waals surface area contributed by atoms with Gasteiger partial charge in [0.1, 0.15) is 11.6 Å². The molecule has 0 bridgehead atoms. The molecule has 62 valence electrons. The van der Waals surface area contributed by atoms with E-state index in [9.17, 15) is 9.59 Å². The summed E-state index contributed by atoms with van der Waals surface area (Å²) in [6, 6.07) is 0. The molecule has 1 aliphatic rings. The van der Waals surface area contributed by atoms with Crippen LogP contribution in [-0.2, 0) is 9.59 Å². The van der Waals surface area contributed by atoms with E-state index in [-0.39, 0.29) is 17.5 Å². The van der Waals surface area contributed by atoms with Crippen molar-refractivity contribution in [1.29, 1.82) is 0 Å². The second-order valence-electron chi connectivity index (χ2n) is 3.15. The summed E-state index contributed by atoms with van der Waals surface area (Å²) >= 11 is 0. The summed E-state index contributed by atoms with van der Waals surface area (Å²) in [6.07, 6.45) is 3.62. The topological polar surface area (TPSA) is 34.1 Å². The summed E-state index contributed by atoms with van der Waals surface area (Å²) in [5.41, 5.74) is 0. The monoisotopic (exact) mass is 154 g/mol. The number of hydrogen-bond donors (Lipinski definition) is 0. The van der Waals surface area contributed by atoms with Gasteiger partial charge in [0.25, 0.3) is 0 Å². The molecule has 0 N–H and O–H groups in total. The molecule has 1 atom stereocenters. The smallest absolute Gasteiger partial charge is 0.136 e. The third kappa shape index (κ3) is 2.14. The molecular weight excluding hydrogens is 140 g/mol. The first-order valence-corrected chi connectivity index (χ1v) is 4.28. The molecule has 0 aromatic carbocycles. The van der Waals surface area contributed by atoms with Crippen LogP contribution in [0.15, 0.2) is 0 Å². The zero-order chi connectivity index (χ0) is 8.27. The van der Waals surface area contributed by atoms with Crippen LogP contribution in [0.25, 0.3) is 0 Å². The van der Waals surface area contributed by atoms with Gasteiger partial charge in [0.2, 0.25) is 0 Å². The number of carbonyl (C=O) groups excluding carboxylic acids is 2. The Morgan fingerprint density at radius 2 is 2.36 bits per heavy atom. The molecule has 0 aromatic heterocycles. The average molecular weight is 154 g/mol. The van der Waals surface area contributed by atoms with Crippen molar-refractivity contribution in [3.05, 3.63) is 0 Å². The first-order chi connectivity index (χ1) is 5.24. The van der Waals surface area contributed by atoms with Gasteiger partial charge in [0, 0.05) is 25.2 Å². The molecule has 0 heterocycles. The van der Waals surface area contributed by atoms with Crippen molar-refractivity contribution >= 4 is 11.6 Å². The van der Waals surface area contributed by atoms with E-state index in [1.54, 1.807) is 0 Å². The van der Waals surface area contributed by atoms with Crippen LogP contribution in [0, 0.1) is 5.92 Å². The van der Waals surface area contributed by atoms with Crippen LogP contribution in [0.1, 0.15) is 39.0 Å².